The lowest BCUT2D eigenvalue weighted by Gasteiger charge is -2.14. The number of fused-ring (bicyclic) bond motifs is 1. The Morgan fingerprint density at radius 2 is 2.27 bits per heavy atom. The number of hydrogen-bond donors (Lipinski definition) is 0. The van der Waals surface area contributed by atoms with Gasteiger partial charge in [-0.15, -0.1) is 0 Å². The van der Waals surface area contributed by atoms with Crippen molar-refractivity contribution < 1.29 is 4.79 Å². The molecular formula is C13H17NO. The van der Waals surface area contributed by atoms with Crippen LogP contribution in [0.2, 0.25) is 0 Å². The largest absolute Gasteiger partial charge is 0.344 e. The fourth-order valence-electron chi connectivity index (χ4n) is 2.26. The Kier molecular flexibility index (Phi) is 2.76. The van der Waals surface area contributed by atoms with Crippen molar-refractivity contribution in [3.05, 3.63) is 35.2 Å². The normalized spacial score (nSPS) is 16.0. The van der Waals surface area contributed by atoms with E-state index in [4.69, 9.17) is 0 Å². The number of allylic oxidation sites excluding steroid dienone is 2. The van der Waals surface area contributed by atoms with Gasteiger partial charge in [-0.1, -0.05) is 12.2 Å². The van der Waals surface area contributed by atoms with Crippen molar-refractivity contribution >= 4 is 5.78 Å². The Morgan fingerprint density at radius 3 is 3.00 bits per heavy atom. The molecule has 0 N–H and O–H groups in total. The highest BCUT2D eigenvalue weighted by Crippen LogP contribution is 2.24. The molecule has 0 saturated heterocycles. The Hall–Kier alpha value is -1.31. The number of aryl methyl sites for hydroxylation is 1. The van der Waals surface area contributed by atoms with Crippen LogP contribution in [0, 0.1) is 6.92 Å². The van der Waals surface area contributed by atoms with Gasteiger partial charge in [0.15, 0.2) is 5.78 Å². The summed E-state index contributed by atoms with van der Waals surface area (Å²) in [5.74, 6) is 0.318. The van der Waals surface area contributed by atoms with Crippen LogP contribution >= 0.6 is 0 Å². The molecule has 15 heavy (non-hydrogen) atoms. The van der Waals surface area contributed by atoms with Gasteiger partial charge < -0.3 is 4.57 Å². The molecule has 2 heteroatoms. The zero-order valence-corrected chi connectivity index (χ0v) is 9.42. The van der Waals surface area contributed by atoms with E-state index in [1.165, 1.54) is 11.4 Å². The molecule has 0 amide bonds. The molecule has 1 heterocycles. The van der Waals surface area contributed by atoms with Gasteiger partial charge in [0.2, 0.25) is 0 Å². The second-order valence-electron chi connectivity index (χ2n) is 4.10. The van der Waals surface area contributed by atoms with Crippen molar-refractivity contribution in [1.82, 2.24) is 4.57 Å². The number of Topliss-reactive ketones (excluding diaryl/α,β-unsaturated/α-hetero) is 1. The van der Waals surface area contributed by atoms with Crippen LogP contribution in [0.15, 0.2) is 18.2 Å². The highest BCUT2D eigenvalue weighted by atomic mass is 16.1. The van der Waals surface area contributed by atoms with Crippen LogP contribution < -0.4 is 0 Å². The average Bonchev–Trinajstić information content (AvgIpc) is 2.54. The number of aromatic nitrogens is 1. The topological polar surface area (TPSA) is 22.0 Å². The number of ketones is 1. The summed E-state index contributed by atoms with van der Waals surface area (Å²) < 4.78 is 2.26. The third-order valence-electron chi connectivity index (χ3n) is 3.06. The van der Waals surface area contributed by atoms with Crippen molar-refractivity contribution in [2.45, 2.75) is 39.7 Å². The summed E-state index contributed by atoms with van der Waals surface area (Å²) in [4.78, 5) is 11.7. The minimum atomic E-state index is 0.318. The maximum atomic E-state index is 11.7. The van der Waals surface area contributed by atoms with Gasteiger partial charge in [-0.25, -0.2) is 0 Å². The lowest BCUT2D eigenvalue weighted by atomic mass is 9.97. The van der Waals surface area contributed by atoms with Crippen LogP contribution in [0.5, 0.6) is 0 Å². The maximum Gasteiger partial charge on any atom is 0.164 e. The van der Waals surface area contributed by atoms with Crippen LogP contribution in [0.4, 0.5) is 0 Å². The number of carbonyl (C=O) groups is 1. The Labute approximate surface area is 90.6 Å². The summed E-state index contributed by atoms with van der Waals surface area (Å²) in [6, 6.07) is 2.04. The first-order valence-electron chi connectivity index (χ1n) is 5.57. The summed E-state index contributed by atoms with van der Waals surface area (Å²) in [6.45, 7) is 5.00. The van der Waals surface area contributed by atoms with Gasteiger partial charge in [-0.2, -0.15) is 0 Å². The zero-order chi connectivity index (χ0) is 10.8. The molecule has 0 radical (unpaired) electrons. The molecule has 80 valence electrons. The monoisotopic (exact) mass is 203 g/mol. The molecule has 0 unspecified atom stereocenters. The maximum absolute atomic E-state index is 11.7. The van der Waals surface area contributed by atoms with Gasteiger partial charge in [0, 0.05) is 29.9 Å². The van der Waals surface area contributed by atoms with Crippen LogP contribution in [-0.2, 0) is 13.0 Å². The number of carbonyl (C=O) groups excluding carboxylic acids is 1. The van der Waals surface area contributed by atoms with E-state index >= 15 is 0 Å². The van der Waals surface area contributed by atoms with Gasteiger partial charge in [0.25, 0.3) is 0 Å². The van der Waals surface area contributed by atoms with Crippen molar-refractivity contribution in [1.29, 1.82) is 0 Å². The molecule has 2 nitrogen and oxygen atoms in total. The van der Waals surface area contributed by atoms with Gasteiger partial charge in [-0.05, 0) is 32.8 Å². The molecule has 1 aliphatic rings. The van der Waals surface area contributed by atoms with Crippen LogP contribution in [0.1, 0.15) is 41.5 Å². The smallest absolute Gasteiger partial charge is 0.164 e. The number of rotatable bonds is 2. The molecule has 1 aromatic rings. The molecule has 0 spiro atoms. The fraction of sp³-hybridized carbons (Fsp3) is 0.462. The third-order valence-corrected chi connectivity index (χ3v) is 3.06. The van der Waals surface area contributed by atoms with Crippen LogP contribution in [0.25, 0.3) is 0 Å². The van der Waals surface area contributed by atoms with Crippen molar-refractivity contribution in [3.63, 3.8) is 0 Å². The molecule has 0 bridgehead atoms. The Bertz CT molecular complexity index is 412. The number of nitrogens with zero attached hydrogens (tertiary/aromatic N) is 1. The molecule has 1 aromatic heterocycles. The summed E-state index contributed by atoms with van der Waals surface area (Å²) in [5.41, 5.74) is 3.40. The molecule has 0 fully saturated rings. The third kappa shape index (κ3) is 1.76. The van der Waals surface area contributed by atoms with E-state index in [2.05, 4.69) is 23.6 Å². The van der Waals surface area contributed by atoms with E-state index in [1.807, 2.05) is 13.0 Å². The van der Waals surface area contributed by atoms with Gasteiger partial charge in [-0.3, -0.25) is 4.79 Å². The minimum absolute atomic E-state index is 0.318. The summed E-state index contributed by atoms with van der Waals surface area (Å²) >= 11 is 0. The van der Waals surface area contributed by atoms with Gasteiger partial charge >= 0.3 is 0 Å². The summed E-state index contributed by atoms with van der Waals surface area (Å²) in [5, 5.41) is 0. The standard InChI is InChI=1S/C13H17NO/c1-3-4-8-14-10(2)9-11-12(14)6-5-7-13(11)15/h3-4,9H,5-8H2,1-2H3/b4-3+. The molecule has 0 atom stereocenters. The second kappa shape index (κ2) is 4.05. The lowest BCUT2D eigenvalue weighted by molar-refractivity contribution is 0.0972. The predicted molar refractivity (Wildman–Crippen MR) is 61.3 cm³/mol. The van der Waals surface area contributed by atoms with E-state index < -0.39 is 0 Å². The van der Waals surface area contributed by atoms with E-state index in [-0.39, 0.29) is 0 Å². The summed E-state index contributed by atoms with van der Waals surface area (Å²) in [7, 11) is 0. The molecule has 1 aliphatic carbocycles. The lowest BCUT2D eigenvalue weighted by Crippen LogP contribution is -2.13. The fourth-order valence-corrected chi connectivity index (χ4v) is 2.26. The van der Waals surface area contributed by atoms with Crippen molar-refractivity contribution in [2.24, 2.45) is 0 Å². The first-order chi connectivity index (χ1) is 7.24. The SMILES string of the molecule is C/C=C/Cn1c(C)cc2c1CCCC2=O. The highest BCUT2D eigenvalue weighted by molar-refractivity contribution is 5.98. The second-order valence-corrected chi connectivity index (χ2v) is 4.10. The van der Waals surface area contributed by atoms with E-state index in [0.29, 0.717) is 5.78 Å². The van der Waals surface area contributed by atoms with E-state index in [9.17, 15) is 4.79 Å². The predicted octanol–water partition coefficient (Wildman–Crippen LogP) is 2.89. The molecule has 0 aromatic carbocycles. The minimum Gasteiger partial charge on any atom is -0.344 e. The van der Waals surface area contributed by atoms with Crippen molar-refractivity contribution in [3.8, 4) is 0 Å². The van der Waals surface area contributed by atoms with Gasteiger partial charge in [0.1, 0.15) is 0 Å². The first kappa shape index (κ1) is 10.2. The zero-order valence-electron chi connectivity index (χ0n) is 9.42. The Morgan fingerprint density at radius 1 is 1.47 bits per heavy atom. The highest BCUT2D eigenvalue weighted by Gasteiger charge is 2.21. The molecule has 2 rings (SSSR count). The van der Waals surface area contributed by atoms with Crippen molar-refractivity contribution in [2.75, 3.05) is 0 Å². The van der Waals surface area contributed by atoms with Crippen LogP contribution in [-0.4, -0.2) is 10.4 Å². The molecule has 0 aliphatic heterocycles. The average molecular weight is 203 g/mol. The quantitative estimate of drug-likeness (QED) is 0.677. The van der Waals surface area contributed by atoms with E-state index in [1.54, 1.807) is 0 Å². The molecular weight excluding hydrogens is 186 g/mol. The van der Waals surface area contributed by atoms with Gasteiger partial charge in [0.05, 0.1) is 0 Å². The summed E-state index contributed by atoms with van der Waals surface area (Å²) in [6.07, 6.45) is 6.96. The molecule has 0 saturated carbocycles. The Balaban J connectivity index is 2.42. The van der Waals surface area contributed by atoms with E-state index in [0.717, 1.165) is 31.4 Å². The first-order valence-corrected chi connectivity index (χ1v) is 5.57. The van der Waals surface area contributed by atoms with Crippen LogP contribution in [0.3, 0.4) is 0 Å². The number of hydrogen-bond acceptors (Lipinski definition) is 1.